The van der Waals surface area contributed by atoms with Crippen molar-refractivity contribution >= 4 is 51.0 Å². The van der Waals surface area contributed by atoms with Gasteiger partial charge in [0.25, 0.3) is 5.56 Å². The van der Waals surface area contributed by atoms with Gasteiger partial charge < -0.3 is 20.1 Å². The molecule has 1 aliphatic heterocycles. The van der Waals surface area contributed by atoms with Crippen LogP contribution in [0.2, 0.25) is 5.02 Å². The summed E-state index contributed by atoms with van der Waals surface area (Å²) in [5, 5.41) is 7.86. The Balaban J connectivity index is 1.38. The van der Waals surface area contributed by atoms with Crippen LogP contribution in [0.3, 0.4) is 0 Å². The predicted molar refractivity (Wildman–Crippen MR) is 172 cm³/mol. The van der Waals surface area contributed by atoms with E-state index in [1.165, 1.54) is 0 Å². The second-order valence-corrected chi connectivity index (χ2v) is 11.9. The quantitative estimate of drug-likeness (QED) is 0.200. The number of allylic oxidation sites excluding steroid dienone is 2. The minimum Gasteiger partial charge on any atom is -0.368 e. The zero-order chi connectivity index (χ0) is 29.8. The summed E-state index contributed by atoms with van der Waals surface area (Å²) in [7, 11) is 0. The number of pyridine rings is 1. The minimum atomic E-state index is -2.03. The van der Waals surface area contributed by atoms with Crippen LogP contribution in [0.1, 0.15) is 36.0 Å². The van der Waals surface area contributed by atoms with Crippen LogP contribution in [0.5, 0.6) is 0 Å². The van der Waals surface area contributed by atoms with Crippen LogP contribution < -0.4 is 21.1 Å². The molecular formula is C32H31ClN6O3S. The molecule has 9 nitrogen and oxygen atoms in total. The van der Waals surface area contributed by atoms with E-state index >= 15 is 0 Å². The van der Waals surface area contributed by atoms with Crippen LogP contribution in [0.15, 0.2) is 71.2 Å². The average molecular weight is 615 g/mol. The fourth-order valence-electron chi connectivity index (χ4n) is 5.42. The summed E-state index contributed by atoms with van der Waals surface area (Å²) in [6, 6.07) is 14.8. The van der Waals surface area contributed by atoms with Crippen molar-refractivity contribution in [3.63, 3.8) is 0 Å². The second-order valence-electron chi connectivity index (χ2n) is 10.6. The largest absolute Gasteiger partial charge is 0.368 e. The number of halogens is 1. The standard InChI is InChI=1S/C32H31ClN6O3S/c33-28-18-27(11-12-29(28)38-15-13-34-14-16-38)36-32-35-19-26-17-23(10-9-22-5-1-2-6-22)31(40)39(30(26)37-32)20-24-7-3-4-8-25(24)21-43(41)42/h3-5,7-8,11-12,17-19,34H,1-2,6,13-16,20-21H2,(H,41,42)(H,35,36,37). The first kappa shape index (κ1) is 29.1. The number of aromatic nitrogens is 3. The van der Waals surface area contributed by atoms with Gasteiger partial charge in [0.2, 0.25) is 5.95 Å². The first-order valence-corrected chi connectivity index (χ1v) is 15.9. The van der Waals surface area contributed by atoms with Crippen LogP contribution in [-0.4, -0.2) is 49.5 Å². The summed E-state index contributed by atoms with van der Waals surface area (Å²) >= 11 is 4.63. The molecule has 0 radical (unpaired) electrons. The molecule has 3 N–H and O–H groups in total. The number of hydrogen-bond acceptors (Lipinski definition) is 7. The lowest BCUT2D eigenvalue weighted by Crippen LogP contribution is -2.43. The third-order valence-corrected chi connectivity index (χ3v) is 8.47. The van der Waals surface area contributed by atoms with Gasteiger partial charge in [-0.05, 0) is 60.2 Å². The van der Waals surface area contributed by atoms with Gasteiger partial charge in [-0.15, -0.1) is 0 Å². The Morgan fingerprint density at radius 1 is 1.09 bits per heavy atom. The van der Waals surface area contributed by atoms with E-state index in [0.29, 0.717) is 33.1 Å². The lowest BCUT2D eigenvalue weighted by atomic mass is 10.1. The Bertz CT molecular complexity index is 1860. The Kier molecular flexibility index (Phi) is 8.86. The van der Waals surface area contributed by atoms with E-state index in [1.807, 2.05) is 36.4 Å². The SMILES string of the molecule is O=c1c(C#CC2=CCCC2)cc2cnc(Nc3ccc(N4CCNCC4)c(Cl)c3)nc2n1Cc1ccccc1CS(=O)O. The summed E-state index contributed by atoms with van der Waals surface area (Å²) in [4.78, 5) is 25.4. The highest BCUT2D eigenvalue weighted by molar-refractivity contribution is 7.78. The van der Waals surface area contributed by atoms with Gasteiger partial charge in [0, 0.05) is 43.4 Å². The number of anilines is 3. The predicted octanol–water partition coefficient (Wildman–Crippen LogP) is 4.83. The Morgan fingerprint density at radius 2 is 1.91 bits per heavy atom. The van der Waals surface area contributed by atoms with E-state index in [-0.39, 0.29) is 17.9 Å². The van der Waals surface area contributed by atoms with Gasteiger partial charge in [-0.3, -0.25) is 9.36 Å². The van der Waals surface area contributed by atoms with E-state index in [1.54, 1.807) is 22.9 Å². The summed E-state index contributed by atoms with van der Waals surface area (Å²) in [6.07, 6.45) is 6.77. The lowest BCUT2D eigenvalue weighted by Gasteiger charge is -2.30. The maximum atomic E-state index is 13.9. The smallest absolute Gasteiger partial charge is 0.268 e. The lowest BCUT2D eigenvalue weighted by molar-refractivity contribution is 0.563. The molecule has 43 heavy (non-hydrogen) atoms. The fraction of sp³-hybridized carbons (Fsp3) is 0.281. The second kappa shape index (κ2) is 13.1. The highest BCUT2D eigenvalue weighted by Crippen LogP contribution is 2.30. The highest BCUT2D eigenvalue weighted by atomic mass is 35.5. The molecule has 0 saturated carbocycles. The van der Waals surface area contributed by atoms with E-state index in [9.17, 15) is 13.6 Å². The molecule has 0 spiro atoms. The molecule has 1 fully saturated rings. The molecule has 6 rings (SSSR count). The highest BCUT2D eigenvalue weighted by Gasteiger charge is 2.16. The molecule has 1 unspecified atom stereocenters. The van der Waals surface area contributed by atoms with Crippen LogP contribution in [0.4, 0.5) is 17.3 Å². The van der Waals surface area contributed by atoms with Gasteiger partial charge in [-0.2, -0.15) is 4.98 Å². The molecule has 0 amide bonds. The number of benzene rings is 2. The van der Waals surface area contributed by atoms with Crippen LogP contribution in [0, 0.1) is 11.8 Å². The Morgan fingerprint density at radius 3 is 2.65 bits per heavy atom. The number of rotatable bonds is 7. The number of nitrogens with one attached hydrogen (secondary N) is 2. The molecule has 2 aromatic carbocycles. The van der Waals surface area contributed by atoms with Gasteiger partial charge in [0.05, 0.1) is 28.6 Å². The van der Waals surface area contributed by atoms with Crippen molar-refractivity contribution in [1.29, 1.82) is 0 Å². The van der Waals surface area contributed by atoms with Crippen LogP contribution in [-0.2, 0) is 23.4 Å². The summed E-state index contributed by atoms with van der Waals surface area (Å²) in [6.45, 7) is 3.76. The van der Waals surface area contributed by atoms with E-state index < -0.39 is 11.1 Å². The van der Waals surface area contributed by atoms with Gasteiger partial charge in [-0.1, -0.05) is 53.8 Å². The van der Waals surface area contributed by atoms with Crippen LogP contribution in [0.25, 0.3) is 11.0 Å². The first-order chi connectivity index (χ1) is 20.9. The van der Waals surface area contributed by atoms with Crippen molar-refractivity contribution in [1.82, 2.24) is 19.9 Å². The number of hydrogen-bond donors (Lipinski definition) is 3. The molecule has 11 heteroatoms. The Labute approximate surface area is 257 Å². The molecular weight excluding hydrogens is 584 g/mol. The third kappa shape index (κ3) is 6.81. The average Bonchev–Trinajstić information content (AvgIpc) is 3.53. The molecule has 220 valence electrons. The van der Waals surface area contributed by atoms with Crippen LogP contribution >= 0.6 is 11.6 Å². The van der Waals surface area contributed by atoms with Gasteiger partial charge in [0.15, 0.2) is 11.1 Å². The van der Waals surface area contributed by atoms with Gasteiger partial charge in [-0.25, -0.2) is 9.19 Å². The summed E-state index contributed by atoms with van der Waals surface area (Å²) in [5.41, 5.74) is 4.67. The van der Waals surface area contributed by atoms with Gasteiger partial charge >= 0.3 is 0 Å². The minimum absolute atomic E-state index is 0.0387. The Hall–Kier alpha value is -4.01. The van der Waals surface area contributed by atoms with E-state index in [0.717, 1.165) is 68.0 Å². The molecule has 1 aliphatic carbocycles. The molecule has 3 heterocycles. The van der Waals surface area contributed by atoms with Crippen molar-refractivity contribution in [3.05, 3.63) is 98.4 Å². The molecule has 2 aliphatic rings. The molecule has 2 aromatic heterocycles. The molecule has 4 aromatic rings. The number of nitrogens with zero attached hydrogens (tertiary/aromatic N) is 4. The zero-order valence-electron chi connectivity index (χ0n) is 23.5. The first-order valence-electron chi connectivity index (χ1n) is 14.2. The topological polar surface area (TPSA) is 112 Å². The van der Waals surface area contributed by atoms with Gasteiger partial charge in [0.1, 0.15) is 5.65 Å². The van der Waals surface area contributed by atoms with Crippen molar-refractivity contribution in [3.8, 4) is 11.8 Å². The number of fused-ring (bicyclic) bond motifs is 1. The zero-order valence-corrected chi connectivity index (χ0v) is 25.0. The van der Waals surface area contributed by atoms with Crippen molar-refractivity contribution in [2.24, 2.45) is 0 Å². The molecule has 1 atom stereocenters. The maximum Gasteiger partial charge on any atom is 0.268 e. The fourth-order valence-corrected chi connectivity index (χ4v) is 6.27. The van der Waals surface area contributed by atoms with E-state index in [2.05, 4.69) is 38.4 Å². The number of piperazine rings is 1. The summed E-state index contributed by atoms with van der Waals surface area (Å²) in [5.74, 6) is 6.51. The van der Waals surface area contributed by atoms with E-state index in [4.69, 9.17) is 16.6 Å². The van der Waals surface area contributed by atoms with Crippen molar-refractivity contribution in [2.45, 2.75) is 31.6 Å². The monoisotopic (exact) mass is 614 g/mol. The molecule has 1 saturated heterocycles. The van der Waals surface area contributed by atoms with Crippen molar-refractivity contribution < 1.29 is 8.76 Å². The normalized spacial score (nSPS) is 15.6. The maximum absolute atomic E-state index is 13.9. The third-order valence-electron chi connectivity index (χ3n) is 7.61. The summed E-state index contributed by atoms with van der Waals surface area (Å²) < 4.78 is 22.8. The molecule has 0 bridgehead atoms. The van der Waals surface area contributed by atoms with Crippen molar-refractivity contribution in [2.75, 3.05) is 36.4 Å².